The molecule has 26 heavy (non-hydrogen) atoms. The van der Waals surface area contributed by atoms with Crippen molar-refractivity contribution < 1.29 is 9.18 Å². The van der Waals surface area contributed by atoms with Gasteiger partial charge in [0.25, 0.3) is 0 Å². The first-order valence-corrected chi connectivity index (χ1v) is 8.89. The highest BCUT2D eigenvalue weighted by Crippen LogP contribution is 2.22. The number of hydrogen-bond acceptors (Lipinski definition) is 3. The third-order valence-electron chi connectivity index (χ3n) is 4.72. The van der Waals surface area contributed by atoms with Crippen LogP contribution in [0.4, 0.5) is 10.1 Å². The van der Waals surface area contributed by atoms with E-state index in [9.17, 15) is 9.18 Å². The van der Waals surface area contributed by atoms with Crippen LogP contribution in [0, 0.1) is 5.82 Å². The molecule has 2 heterocycles. The molecule has 3 aromatic rings. The molecule has 0 saturated carbocycles. The lowest BCUT2D eigenvalue weighted by Gasteiger charge is -2.36. The fraction of sp³-hybridized carbons (Fsp3) is 0.263. The minimum absolute atomic E-state index is 0.0219. The molecule has 0 radical (unpaired) electrons. The van der Waals surface area contributed by atoms with Crippen LogP contribution in [0.15, 0.2) is 48.5 Å². The number of benzene rings is 2. The number of para-hydroxylation sites is 1. The number of aromatic nitrogens is 2. The fourth-order valence-electron chi connectivity index (χ4n) is 3.30. The predicted molar refractivity (Wildman–Crippen MR) is 99.9 cm³/mol. The van der Waals surface area contributed by atoms with Crippen LogP contribution in [0.25, 0.3) is 10.9 Å². The van der Waals surface area contributed by atoms with Gasteiger partial charge in [-0.2, -0.15) is 5.10 Å². The highest BCUT2D eigenvalue weighted by Gasteiger charge is 2.22. The topological polar surface area (TPSA) is 41.4 Å². The van der Waals surface area contributed by atoms with E-state index in [1.807, 2.05) is 29.2 Å². The van der Waals surface area contributed by atoms with Gasteiger partial charge in [0.1, 0.15) is 12.4 Å². The van der Waals surface area contributed by atoms with Gasteiger partial charge in [0, 0.05) is 37.3 Å². The molecular weight excluding hydrogens is 355 g/mol. The van der Waals surface area contributed by atoms with Crippen molar-refractivity contribution in [1.29, 1.82) is 0 Å². The van der Waals surface area contributed by atoms with E-state index in [4.69, 9.17) is 11.6 Å². The molecule has 1 amide bonds. The minimum atomic E-state index is -0.243. The molecule has 5 nitrogen and oxygen atoms in total. The number of fused-ring (bicyclic) bond motifs is 1. The molecule has 1 fully saturated rings. The molecule has 4 rings (SSSR count). The van der Waals surface area contributed by atoms with Crippen LogP contribution in [-0.4, -0.2) is 46.8 Å². The largest absolute Gasteiger partial charge is 0.368 e. The zero-order valence-electron chi connectivity index (χ0n) is 14.1. The number of piperazine rings is 1. The highest BCUT2D eigenvalue weighted by molar-refractivity contribution is 6.34. The Morgan fingerprint density at radius 3 is 2.46 bits per heavy atom. The van der Waals surface area contributed by atoms with Gasteiger partial charge in [-0.1, -0.05) is 23.7 Å². The van der Waals surface area contributed by atoms with E-state index in [2.05, 4.69) is 10.00 Å². The van der Waals surface area contributed by atoms with Gasteiger partial charge in [-0.05, 0) is 36.4 Å². The number of carbonyl (C=O) groups excluding carboxylic acids is 1. The first kappa shape index (κ1) is 16.8. The van der Waals surface area contributed by atoms with Gasteiger partial charge in [0.05, 0.1) is 5.52 Å². The molecule has 7 heteroatoms. The lowest BCUT2D eigenvalue weighted by Crippen LogP contribution is -2.49. The predicted octanol–water partition coefficient (Wildman–Crippen LogP) is 3.18. The summed E-state index contributed by atoms with van der Waals surface area (Å²) in [7, 11) is 0. The van der Waals surface area contributed by atoms with E-state index in [-0.39, 0.29) is 18.3 Å². The quantitative estimate of drug-likeness (QED) is 0.709. The average molecular weight is 373 g/mol. The number of anilines is 1. The molecule has 0 unspecified atom stereocenters. The summed E-state index contributed by atoms with van der Waals surface area (Å²) in [4.78, 5) is 16.7. The maximum absolute atomic E-state index is 13.1. The molecule has 0 aliphatic carbocycles. The van der Waals surface area contributed by atoms with Crippen LogP contribution in [-0.2, 0) is 11.3 Å². The molecule has 1 aliphatic heterocycles. The van der Waals surface area contributed by atoms with E-state index in [0.29, 0.717) is 18.2 Å². The van der Waals surface area contributed by atoms with E-state index in [0.717, 1.165) is 29.7 Å². The SMILES string of the molecule is O=C(Cn1nc(Cl)c2ccccc21)N1CCN(c2ccc(F)cc2)CC1. The van der Waals surface area contributed by atoms with Crippen molar-refractivity contribution in [2.45, 2.75) is 6.54 Å². The van der Waals surface area contributed by atoms with Crippen molar-refractivity contribution in [3.05, 3.63) is 59.5 Å². The maximum Gasteiger partial charge on any atom is 0.244 e. The summed E-state index contributed by atoms with van der Waals surface area (Å²) in [5, 5.41) is 5.55. The van der Waals surface area contributed by atoms with Crippen molar-refractivity contribution >= 4 is 34.1 Å². The molecule has 2 aromatic carbocycles. The second-order valence-electron chi connectivity index (χ2n) is 6.31. The number of hydrogen-bond donors (Lipinski definition) is 0. The summed E-state index contributed by atoms with van der Waals surface area (Å²) in [5.41, 5.74) is 1.83. The van der Waals surface area contributed by atoms with Crippen LogP contribution in [0.3, 0.4) is 0 Å². The first-order chi connectivity index (χ1) is 12.6. The Balaban J connectivity index is 1.41. The fourth-order valence-corrected chi connectivity index (χ4v) is 3.55. The summed E-state index contributed by atoms with van der Waals surface area (Å²) in [5.74, 6) is -0.221. The summed E-state index contributed by atoms with van der Waals surface area (Å²) >= 11 is 6.15. The van der Waals surface area contributed by atoms with Crippen LogP contribution < -0.4 is 4.90 Å². The standard InChI is InChI=1S/C19H18ClFN4O/c20-19-16-3-1-2-4-17(16)25(22-19)13-18(26)24-11-9-23(10-12-24)15-7-5-14(21)6-8-15/h1-8H,9-13H2. The van der Waals surface area contributed by atoms with E-state index < -0.39 is 0 Å². The second kappa shape index (κ2) is 6.96. The van der Waals surface area contributed by atoms with Gasteiger partial charge in [-0.15, -0.1) is 0 Å². The summed E-state index contributed by atoms with van der Waals surface area (Å²) in [6.45, 7) is 2.87. The van der Waals surface area contributed by atoms with Crippen molar-refractivity contribution in [2.24, 2.45) is 0 Å². The number of nitrogens with zero attached hydrogens (tertiary/aromatic N) is 4. The van der Waals surface area contributed by atoms with Gasteiger partial charge in [-0.3, -0.25) is 9.48 Å². The molecular formula is C19H18ClFN4O. The van der Waals surface area contributed by atoms with Gasteiger partial charge >= 0.3 is 0 Å². The maximum atomic E-state index is 13.1. The van der Waals surface area contributed by atoms with E-state index >= 15 is 0 Å². The Hall–Kier alpha value is -2.60. The number of amides is 1. The summed E-state index contributed by atoms with van der Waals surface area (Å²) in [6.07, 6.45) is 0. The molecule has 0 bridgehead atoms. The number of halogens is 2. The van der Waals surface area contributed by atoms with E-state index in [1.54, 1.807) is 16.8 Å². The zero-order valence-corrected chi connectivity index (χ0v) is 14.9. The van der Waals surface area contributed by atoms with Crippen molar-refractivity contribution in [3.63, 3.8) is 0 Å². The third kappa shape index (κ3) is 3.24. The van der Waals surface area contributed by atoms with Crippen LogP contribution in [0.5, 0.6) is 0 Å². The molecule has 0 spiro atoms. The van der Waals surface area contributed by atoms with Crippen LogP contribution in [0.2, 0.25) is 5.15 Å². The Morgan fingerprint density at radius 1 is 1.04 bits per heavy atom. The second-order valence-corrected chi connectivity index (χ2v) is 6.67. The third-order valence-corrected chi connectivity index (χ3v) is 5.00. The summed E-state index contributed by atoms with van der Waals surface area (Å²) in [6, 6.07) is 14.1. The minimum Gasteiger partial charge on any atom is -0.368 e. The van der Waals surface area contributed by atoms with E-state index in [1.165, 1.54) is 12.1 Å². The Bertz CT molecular complexity index is 932. The number of rotatable bonds is 3. The van der Waals surface area contributed by atoms with Crippen molar-refractivity contribution in [1.82, 2.24) is 14.7 Å². The van der Waals surface area contributed by atoms with Gasteiger partial charge in [0.2, 0.25) is 5.91 Å². The smallest absolute Gasteiger partial charge is 0.244 e. The van der Waals surface area contributed by atoms with Gasteiger partial charge in [-0.25, -0.2) is 4.39 Å². The molecule has 1 aliphatic rings. The van der Waals surface area contributed by atoms with Gasteiger partial charge < -0.3 is 9.80 Å². The Morgan fingerprint density at radius 2 is 1.73 bits per heavy atom. The monoisotopic (exact) mass is 372 g/mol. The molecule has 0 atom stereocenters. The van der Waals surface area contributed by atoms with Crippen LogP contribution in [0.1, 0.15) is 0 Å². The normalized spacial score (nSPS) is 14.8. The Kier molecular flexibility index (Phi) is 4.51. The first-order valence-electron chi connectivity index (χ1n) is 8.51. The van der Waals surface area contributed by atoms with Gasteiger partial charge in [0.15, 0.2) is 5.15 Å². The highest BCUT2D eigenvalue weighted by atomic mass is 35.5. The van der Waals surface area contributed by atoms with Crippen molar-refractivity contribution in [3.8, 4) is 0 Å². The summed E-state index contributed by atoms with van der Waals surface area (Å²) < 4.78 is 14.7. The number of carbonyl (C=O) groups is 1. The zero-order chi connectivity index (χ0) is 18.1. The average Bonchev–Trinajstić information content (AvgIpc) is 2.98. The molecule has 0 N–H and O–H groups in total. The van der Waals surface area contributed by atoms with Crippen LogP contribution >= 0.6 is 11.6 Å². The lowest BCUT2D eigenvalue weighted by atomic mass is 10.2. The molecule has 1 saturated heterocycles. The Labute approximate surface area is 155 Å². The molecule has 134 valence electrons. The lowest BCUT2D eigenvalue weighted by molar-refractivity contribution is -0.132. The van der Waals surface area contributed by atoms with Crippen molar-refractivity contribution in [2.75, 3.05) is 31.1 Å². The molecule has 1 aromatic heterocycles.